The monoisotopic (exact) mass is 184 g/mol. The number of nitrogens with one attached hydrogen (secondary N) is 1. The van der Waals surface area contributed by atoms with Crippen LogP contribution >= 0.6 is 0 Å². The summed E-state index contributed by atoms with van der Waals surface area (Å²) in [5, 5.41) is 8.84. The van der Waals surface area contributed by atoms with Gasteiger partial charge in [0.1, 0.15) is 0 Å². The van der Waals surface area contributed by atoms with Gasteiger partial charge in [-0.1, -0.05) is 6.07 Å². The summed E-state index contributed by atoms with van der Waals surface area (Å²) in [6.07, 6.45) is 1.77. The molecule has 0 fully saturated rings. The maximum absolute atomic E-state index is 5.77. The van der Waals surface area contributed by atoms with Crippen LogP contribution in [-0.2, 0) is 0 Å². The van der Waals surface area contributed by atoms with E-state index in [4.69, 9.17) is 5.73 Å². The van der Waals surface area contributed by atoms with Crippen molar-refractivity contribution < 1.29 is 0 Å². The molecule has 14 heavy (non-hydrogen) atoms. The summed E-state index contributed by atoms with van der Waals surface area (Å²) < 4.78 is 0. The molecule has 0 spiro atoms. The molecule has 0 saturated carbocycles. The molecule has 3 N–H and O–H groups in total. The van der Waals surface area contributed by atoms with Crippen molar-refractivity contribution in [2.24, 2.45) is 0 Å². The van der Waals surface area contributed by atoms with Gasteiger partial charge in [0.15, 0.2) is 5.82 Å². The van der Waals surface area contributed by atoms with Crippen LogP contribution in [0.4, 0.5) is 5.82 Å². The van der Waals surface area contributed by atoms with E-state index in [-0.39, 0.29) is 0 Å². The zero-order chi connectivity index (χ0) is 9.54. The number of aromatic amines is 1. The van der Waals surface area contributed by atoms with E-state index >= 15 is 0 Å². The Bertz CT molecular complexity index is 612. The topological polar surface area (TPSA) is 67.6 Å². The lowest BCUT2D eigenvalue weighted by molar-refractivity contribution is 1.13. The zero-order valence-electron chi connectivity index (χ0n) is 7.36. The molecule has 0 atom stereocenters. The van der Waals surface area contributed by atoms with E-state index in [9.17, 15) is 0 Å². The van der Waals surface area contributed by atoms with Gasteiger partial charge in [-0.3, -0.25) is 10.1 Å². The van der Waals surface area contributed by atoms with Crippen molar-refractivity contribution in [1.82, 2.24) is 15.2 Å². The van der Waals surface area contributed by atoms with Gasteiger partial charge in [-0.05, 0) is 18.2 Å². The van der Waals surface area contributed by atoms with Crippen molar-refractivity contribution in [1.29, 1.82) is 0 Å². The van der Waals surface area contributed by atoms with Gasteiger partial charge in [0.25, 0.3) is 0 Å². The molecule has 0 amide bonds. The highest BCUT2D eigenvalue weighted by Gasteiger charge is 2.06. The summed E-state index contributed by atoms with van der Waals surface area (Å²) >= 11 is 0. The number of rotatable bonds is 0. The molecule has 0 radical (unpaired) electrons. The van der Waals surface area contributed by atoms with Gasteiger partial charge < -0.3 is 5.73 Å². The van der Waals surface area contributed by atoms with Crippen LogP contribution in [0.25, 0.3) is 21.8 Å². The van der Waals surface area contributed by atoms with Crippen molar-refractivity contribution in [3.8, 4) is 0 Å². The van der Waals surface area contributed by atoms with E-state index < -0.39 is 0 Å². The number of H-pyrrole nitrogens is 1. The molecule has 0 saturated heterocycles. The van der Waals surface area contributed by atoms with Crippen molar-refractivity contribution in [2.45, 2.75) is 0 Å². The van der Waals surface area contributed by atoms with E-state index in [2.05, 4.69) is 15.2 Å². The van der Waals surface area contributed by atoms with Crippen molar-refractivity contribution in [2.75, 3.05) is 5.73 Å². The molecule has 3 aromatic rings. The van der Waals surface area contributed by atoms with E-state index in [1.54, 1.807) is 6.20 Å². The molecule has 68 valence electrons. The average Bonchev–Trinajstić information content (AvgIpc) is 2.61. The van der Waals surface area contributed by atoms with E-state index in [0.29, 0.717) is 5.82 Å². The second-order valence-corrected chi connectivity index (χ2v) is 3.17. The summed E-state index contributed by atoms with van der Waals surface area (Å²) in [5.74, 6) is 0.526. The maximum Gasteiger partial charge on any atom is 0.153 e. The third-order valence-electron chi connectivity index (χ3n) is 2.34. The smallest absolute Gasteiger partial charge is 0.153 e. The number of anilines is 1. The van der Waals surface area contributed by atoms with E-state index in [1.807, 2.05) is 24.3 Å². The standard InChI is InChI=1S/C10H8N4/c11-10-9-6-2-1-5-12-7(6)3-4-8(9)13-14-10/h1-5H,(H3,11,13,14). The molecule has 0 aliphatic heterocycles. The number of pyridine rings is 1. The summed E-state index contributed by atoms with van der Waals surface area (Å²) in [7, 11) is 0. The molecule has 2 heterocycles. The van der Waals surface area contributed by atoms with Crippen LogP contribution in [-0.4, -0.2) is 15.2 Å². The molecule has 0 bridgehead atoms. The molecule has 0 aliphatic carbocycles. The van der Waals surface area contributed by atoms with Gasteiger partial charge in [-0.2, -0.15) is 5.10 Å². The predicted octanol–water partition coefficient (Wildman–Crippen LogP) is 1.69. The first kappa shape index (κ1) is 7.32. The molecule has 0 aliphatic rings. The normalized spacial score (nSPS) is 11.1. The van der Waals surface area contributed by atoms with Crippen LogP contribution < -0.4 is 5.73 Å². The summed E-state index contributed by atoms with van der Waals surface area (Å²) in [5.41, 5.74) is 7.66. The van der Waals surface area contributed by atoms with Gasteiger partial charge in [0.05, 0.1) is 16.4 Å². The number of nitrogens with two attached hydrogens (primary N) is 1. The summed E-state index contributed by atoms with van der Waals surface area (Å²) in [4.78, 5) is 4.25. The minimum Gasteiger partial charge on any atom is -0.382 e. The number of nitrogen functional groups attached to an aromatic ring is 1. The van der Waals surface area contributed by atoms with Crippen LogP contribution in [0, 0.1) is 0 Å². The number of benzene rings is 1. The molecular formula is C10H8N4. The lowest BCUT2D eigenvalue weighted by atomic mass is 10.1. The third kappa shape index (κ3) is 0.821. The third-order valence-corrected chi connectivity index (χ3v) is 2.34. The summed E-state index contributed by atoms with van der Waals surface area (Å²) in [6, 6.07) is 7.79. The molecule has 4 nitrogen and oxygen atoms in total. The van der Waals surface area contributed by atoms with Crippen LogP contribution in [0.3, 0.4) is 0 Å². The van der Waals surface area contributed by atoms with E-state index in [0.717, 1.165) is 21.8 Å². The van der Waals surface area contributed by atoms with Gasteiger partial charge in [-0.15, -0.1) is 0 Å². The minimum atomic E-state index is 0.526. The fraction of sp³-hybridized carbons (Fsp3) is 0. The van der Waals surface area contributed by atoms with Gasteiger partial charge in [-0.25, -0.2) is 0 Å². The predicted molar refractivity (Wildman–Crippen MR) is 55.8 cm³/mol. The minimum absolute atomic E-state index is 0.526. The lowest BCUT2D eigenvalue weighted by Gasteiger charge is -1.97. The fourth-order valence-corrected chi connectivity index (χ4v) is 1.70. The lowest BCUT2D eigenvalue weighted by Crippen LogP contribution is -1.85. The molecule has 0 unspecified atom stereocenters. The first-order valence-corrected chi connectivity index (χ1v) is 4.33. The van der Waals surface area contributed by atoms with E-state index in [1.165, 1.54) is 0 Å². The second-order valence-electron chi connectivity index (χ2n) is 3.17. The highest BCUT2D eigenvalue weighted by Crippen LogP contribution is 2.26. The van der Waals surface area contributed by atoms with Crippen LogP contribution in [0.1, 0.15) is 0 Å². The Morgan fingerprint density at radius 3 is 3.07 bits per heavy atom. The number of hydrogen-bond acceptors (Lipinski definition) is 3. The Hall–Kier alpha value is -2.10. The second kappa shape index (κ2) is 2.45. The maximum atomic E-state index is 5.77. The quantitative estimate of drug-likeness (QED) is 0.558. The van der Waals surface area contributed by atoms with Gasteiger partial charge in [0.2, 0.25) is 0 Å². The Labute approximate surface area is 79.8 Å². The van der Waals surface area contributed by atoms with Gasteiger partial charge in [0, 0.05) is 11.6 Å². The van der Waals surface area contributed by atoms with Gasteiger partial charge >= 0.3 is 0 Å². The first-order valence-electron chi connectivity index (χ1n) is 4.33. The Morgan fingerprint density at radius 1 is 1.21 bits per heavy atom. The molecule has 2 aromatic heterocycles. The Balaban J connectivity index is 2.65. The Kier molecular flexibility index (Phi) is 1.28. The van der Waals surface area contributed by atoms with Crippen LogP contribution in [0.2, 0.25) is 0 Å². The van der Waals surface area contributed by atoms with Crippen molar-refractivity contribution >= 4 is 27.6 Å². The highest BCUT2D eigenvalue weighted by atomic mass is 15.1. The Morgan fingerprint density at radius 2 is 2.14 bits per heavy atom. The number of hydrogen-bond donors (Lipinski definition) is 2. The number of aromatic nitrogens is 3. The molecule has 4 heteroatoms. The largest absolute Gasteiger partial charge is 0.382 e. The first-order chi connectivity index (χ1) is 6.86. The highest BCUT2D eigenvalue weighted by molar-refractivity contribution is 6.09. The molecule has 1 aromatic carbocycles. The zero-order valence-corrected chi connectivity index (χ0v) is 7.36. The van der Waals surface area contributed by atoms with Crippen molar-refractivity contribution in [3.63, 3.8) is 0 Å². The van der Waals surface area contributed by atoms with Crippen LogP contribution in [0.15, 0.2) is 30.5 Å². The average molecular weight is 184 g/mol. The number of nitrogens with zero attached hydrogens (tertiary/aromatic N) is 2. The summed E-state index contributed by atoms with van der Waals surface area (Å²) in [6.45, 7) is 0. The molecule has 3 rings (SSSR count). The molecular weight excluding hydrogens is 176 g/mol. The SMILES string of the molecule is Nc1n[nH]c2ccc3ncccc3c12. The van der Waals surface area contributed by atoms with Crippen molar-refractivity contribution in [3.05, 3.63) is 30.5 Å². The fourth-order valence-electron chi connectivity index (χ4n) is 1.70. The van der Waals surface area contributed by atoms with Crippen LogP contribution in [0.5, 0.6) is 0 Å². The number of fused-ring (bicyclic) bond motifs is 3.